The molecule has 3 aromatic heterocycles. The highest BCUT2D eigenvalue weighted by molar-refractivity contribution is 5.95. The van der Waals surface area contributed by atoms with Gasteiger partial charge in [-0.3, -0.25) is 14.4 Å². The summed E-state index contributed by atoms with van der Waals surface area (Å²) in [6.07, 6.45) is 4.69. The Morgan fingerprint density at radius 3 is 2.50 bits per heavy atom. The van der Waals surface area contributed by atoms with Crippen molar-refractivity contribution >= 4 is 34.5 Å². The zero-order chi connectivity index (χ0) is 27.3. The predicted molar refractivity (Wildman–Crippen MR) is 139 cm³/mol. The molecule has 1 amide bonds. The Labute approximate surface area is 218 Å². The molecule has 2 N–H and O–H groups in total. The number of nitrogens with zero attached hydrogens (tertiary/aromatic N) is 8. The predicted octanol–water partition coefficient (Wildman–Crippen LogP) is 0.802. The fraction of sp³-hybridized carbons (Fsp3) is 0.480. The number of rotatable bonds is 6. The number of aromatic hydroxyl groups is 1. The minimum atomic E-state index is -1.05. The van der Waals surface area contributed by atoms with Gasteiger partial charge in [0.15, 0.2) is 22.6 Å². The maximum atomic E-state index is 14.0. The fourth-order valence-corrected chi connectivity index (χ4v) is 5.43. The SMILES string of the molecule is CCc1c(N2CCN(C(=O)c3ncnc(C)c3O)[C@H]3CC[C@@H]32)c(=O)c2nc(N(C)C)cnc2n1CC(=O)O. The number of aryl methyl sites for hydroxylation is 1. The van der Waals surface area contributed by atoms with E-state index in [9.17, 15) is 24.6 Å². The van der Waals surface area contributed by atoms with Crippen molar-refractivity contribution in [2.45, 2.75) is 51.7 Å². The van der Waals surface area contributed by atoms with Crippen LogP contribution >= 0.6 is 0 Å². The molecule has 1 saturated carbocycles. The van der Waals surface area contributed by atoms with Gasteiger partial charge in [0.2, 0.25) is 5.43 Å². The number of hydrogen-bond acceptors (Lipinski definition) is 10. The molecular weight excluding hydrogens is 492 g/mol. The van der Waals surface area contributed by atoms with Crippen LogP contribution in [0.2, 0.25) is 0 Å². The molecule has 2 fully saturated rings. The average Bonchev–Trinajstić information content (AvgIpc) is 2.86. The summed E-state index contributed by atoms with van der Waals surface area (Å²) in [5, 5.41) is 20.0. The van der Waals surface area contributed by atoms with Gasteiger partial charge < -0.3 is 29.5 Å². The Kier molecular flexibility index (Phi) is 6.37. The van der Waals surface area contributed by atoms with Gasteiger partial charge in [-0.2, -0.15) is 0 Å². The van der Waals surface area contributed by atoms with Gasteiger partial charge in [0, 0.05) is 38.9 Å². The first-order valence-electron chi connectivity index (χ1n) is 12.5. The summed E-state index contributed by atoms with van der Waals surface area (Å²) in [6, 6.07) is -0.325. The highest BCUT2D eigenvalue weighted by Crippen LogP contribution is 2.38. The number of fused-ring (bicyclic) bond motifs is 2. The van der Waals surface area contributed by atoms with Crippen molar-refractivity contribution in [1.29, 1.82) is 0 Å². The fourth-order valence-electron chi connectivity index (χ4n) is 5.43. The van der Waals surface area contributed by atoms with E-state index in [1.165, 1.54) is 12.5 Å². The van der Waals surface area contributed by atoms with E-state index in [4.69, 9.17) is 0 Å². The highest BCUT2D eigenvalue weighted by Gasteiger charge is 2.47. The molecule has 2 aliphatic rings. The normalized spacial score (nSPS) is 18.7. The Hall–Kier alpha value is -4.29. The smallest absolute Gasteiger partial charge is 0.323 e. The van der Waals surface area contributed by atoms with Crippen molar-refractivity contribution in [3.05, 3.63) is 39.8 Å². The number of piperazine rings is 1. The number of amides is 1. The van der Waals surface area contributed by atoms with Gasteiger partial charge >= 0.3 is 5.97 Å². The third kappa shape index (κ3) is 3.98. The van der Waals surface area contributed by atoms with Crippen LogP contribution < -0.4 is 15.2 Å². The van der Waals surface area contributed by atoms with Gasteiger partial charge in [0.05, 0.1) is 17.9 Å². The second kappa shape index (κ2) is 9.54. The van der Waals surface area contributed by atoms with Crippen LogP contribution in [0.3, 0.4) is 0 Å². The van der Waals surface area contributed by atoms with Gasteiger partial charge in [-0.25, -0.2) is 19.9 Å². The second-order valence-corrected chi connectivity index (χ2v) is 9.81. The van der Waals surface area contributed by atoms with Crippen LogP contribution in [0.15, 0.2) is 17.3 Å². The summed E-state index contributed by atoms with van der Waals surface area (Å²) in [5.74, 6) is -1.17. The first-order valence-corrected chi connectivity index (χ1v) is 12.5. The molecule has 5 rings (SSSR count). The molecule has 13 heteroatoms. The number of anilines is 2. The van der Waals surface area contributed by atoms with Gasteiger partial charge in [0.25, 0.3) is 5.91 Å². The zero-order valence-electron chi connectivity index (χ0n) is 21.7. The highest BCUT2D eigenvalue weighted by atomic mass is 16.4. The number of aliphatic carboxylic acids is 1. The zero-order valence-corrected chi connectivity index (χ0v) is 21.7. The summed E-state index contributed by atoms with van der Waals surface area (Å²) >= 11 is 0. The van der Waals surface area contributed by atoms with E-state index in [2.05, 4.69) is 19.9 Å². The van der Waals surface area contributed by atoms with Crippen LogP contribution in [0.1, 0.15) is 41.6 Å². The lowest BCUT2D eigenvalue weighted by atomic mass is 9.81. The Morgan fingerprint density at radius 1 is 1.13 bits per heavy atom. The molecule has 0 spiro atoms. The van der Waals surface area contributed by atoms with Crippen LogP contribution in [-0.4, -0.2) is 90.8 Å². The summed E-state index contributed by atoms with van der Waals surface area (Å²) < 4.78 is 1.56. The number of hydrogen-bond donors (Lipinski definition) is 2. The van der Waals surface area contributed by atoms with E-state index < -0.39 is 5.97 Å². The molecule has 4 heterocycles. The molecule has 0 unspecified atom stereocenters. The second-order valence-electron chi connectivity index (χ2n) is 9.81. The van der Waals surface area contributed by atoms with Gasteiger partial charge in [0.1, 0.15) is 24.4 Å². The summed E-state index contributed by atoms with van der Waals surface area (Å²) in [6.45, 7) is 3.80. The van der Waals surface area contributed by atoms with Crippen molar-refractivity contribution in [3.63, 3.8) is 0 Å². The molecule has 13 nitrogen and oxygen atoms in total. The average molecular weight is 523 g/mol. The van der Waals surface area contributed by atoms with Crippen molar-refractivity contribution in [2.75, 3.05) is 37.0 Å². The standard InChI is InChI=1S/C25H30N8O5/c1-5-14-21(23(37)19-24(33(14)11-18(34)35)26-10-17(29-19)30(3)4)31-8-9-32(16-7-6-15(16)31)25(38)20-22(36)13(2)27-12-28-20/h10,12,15-16,36H,5-9,11H2,1-4H3,(H,34,35)/t15-,16-/m0/s1. The molecule has 0 radical (unpaired) electrons. The summed E-state index contributed by atoms with van der Waals surface area (Å²) in [4.78, 5) is 61.5. The Balaban J connectivity index is 1.59. The first-order chi connectivity index (χ1) is 18.1. The molecule has 1 aliphatic carbocycles. The first kappa shape index (κ1) is 25.4. The summed E-state index contributed by atoms with van der Waals surface area (Å²) in [5.41, 5.74) is 1.32. The molecule has 2 atom stereocenters. The third-order valence-corrected chi connectivity index (χ3v) is 7.45. The van der Waals surface area contributed by atoms with Crippen LogP contribution in [0, 0.1) is 6.92 Å². The van der Waals surface area contributed by atoms with E-state index in [-0.39, 0.29) is 52.6 Å². The molecule has 200 valence electrons. The van der Waals surface area contributed by atoms with Crippen molar-refractivity contribution in [1.82, 2.24) is 29.4 Å². The topological polar surface area (TPSA) is 158 Å². The largest absolute Gasteiger partial charge is 0.504 e. The molecule has 0 aromatic carbocycles. The number of carbonyl (C=O) groups excluding carboxylic acids is 1. The molecule has 1 saturated heterocycles. The monoisotopic (exact) mass is 522 g/mol. The van der Waals surface area contributed by atoms with Crippen LogP contribution in [0.25, 0.3) is 11.2 Å². The van der Waals surface area contributed by atoms with E-state index in [0.29, 0.717) is 42.4 Å². The van der Waals surface area contributed by atoms with Gasteiger partial charge in [-0.05, 0) is 26.2 Å². The lowest BCUT2D eigenvalue weighted by Gasteiger charge is -2.54. The van der Waals surface area contributed by atoms with Crippen LogP contribution in [0.4, 0.5) is 11.5 Å². The Morgan fingerprint density at radius 2 is 1.87 bits per heavy atom. The number of pyridine rings is 1. The molecular formula is C25H30N8O5. The molecule has 1 aliphatic heterocycles. The maximum absolute atomic E-state index is 14.0. The Bertz CT molecular complexity index is 1500. The third-order valence-electron chi connectivity index (χ3n) is 7.45. The minimum absolute atomic E-state index is 0.0353. The van der Waals surface area contributed by atoms with Crippen molar-refractivity contribution in [3.8, 4) is 5.75 Å². The minimum Gasteiger partial charge on any atom is -0.504 e. The van der Waals surface area contributed by atoms with E-state index in [1.54, 1.807) is 35.4 Å². The lowest BCUT2D eigenvalue weighted by Crippen LogP contribution is -2.67. The molecule has 38 heavy (non-hydrogen) atoms. The lowest BCUT2D eigenvalue weighted by molar-refractivity contribution is -0.137. The van der Waals surface area contributed by atoms with Gasteiger partial charge in [-0.15, -0.1) is 0 Å². The molecule has 3 aromatic rings. The van der Waals surface area contributed by atoms with Crippen molar-refractivity contribution < 1.29 is 19.8 Å². The van der Waals surface area contributed by atoms with Crippen molar-refractivity contribution in [2.24, 2.45) is 0 Å². The quantitative estimate of drug-likeness (QED) is 0.472. The number of carboxylic acids is 1. The number of carboxylic acid groups (broad SMARTS) is 1. The van der Waals surface area contributed by atoms with Crippen LogP contribution in [0.5, 0.6) is 5.75 Å². The van der Waals surface area contributed by atoms with Gasteiger partial charge in [-0.1, -0.05) is 6.92 Å². The van der Waals surface area contributed by atoms with E-state index in [0.717, 1.165) is 12.8 Å². The van der Waals surface area contributed by atoms with Crippen LogP contribution in [-0.2, 0) is 17.8 Å². The number of aromatic nitrogens is 5. The van der Waals surface area contributed by atoms with E-state index in [1.807, 2.05) is 11.8 Å². The summed E-state index contributed by atoms with van der Waals surface area (Å²) in [7, 11) is 3.58. The number of carbonyl (C=O) groups is 2. The molecule has 0 bridgehead atoms. The van der Waals surface area contributed by atoms with E-state index >= 15 is 0 Å². The maximum Gasteiger partial charge on any atom is 0.323 e.